The summed E-state index contributed by atoms with van der Waals surface area (Å²) >= 11 is 1.35. The minimum absolute atomic E-state index is 0.0214. The first-order valence-electron chi connectivity index (χ1n) is 6.32. The van der Waals surface area contributed by atoms with Crippen molar-refractivity contribution in [1.29, 1.82) is 0 Å². The van der Waals surface area contributed by atoms with E-state index in [9.17, 15) is 9.59 Å². The third kappa shape index (κ3) is 3.44. The molecule has 0 saturated heterocycles. The first kappa shape index (κ1) is 13.8. The molecule has 19 heavy (non-hydrogen) atoms. The molecule has 1 aromatic rings. The van der Waals surface area contributed by atoms with Gasteiger partial charge in [0.15, 0.2) is 0 Å². The van der Waals surface area contributed by atoms with Crippen LogP contribution in [0.25, 0.3) is 6.08 Å². The number of carboxylic acid groups (broad SMARTS) is 1. The van der Waals surface area contributed by atoms with Crippen molar-refractivity contribution in [3.05, 3.63) is 28.0 Å². The molecule has 1 amide bonds. The van der Waals surface area contributed by atoms with Crippen LogP contribution in [-0.4, -0.2) is 35.5 Å². The summed E-state index contributed by atoms with van der Waals surface area (Å²) in [7, 11) is 1.81. The molecule has 1 aliphatic carbocycles. The fraction of sp³-hybridized carbons (Fsp3) is 0.429. The maximum absolute atomic E-state index is 12.3. The van der Waals surface area contributed by atoms with Crippen LogP contribution in [-0.2, 0) is 4.79 Å². The second kappa shape index (κ2) is 6.02. The zero-order chi connectivity index (χ0) is 13.8. The lowest BCUT2D eigenvalue weighted by Crippen LogP contribution is -2.34. The van der Waals surface area contributed by atoms with Crippen LogP contribution in [0.4, 0.5) is 0 Å². The van der Waals surface area contributed by atoms with Gasteiger partial charge < -0.3 is 10.0 Å². The summed E-state index contributed by atoms with van der Waals surface area (Å²) in [4.78, 5) is 25.2. The van der Waals surface area contributed by atoms with E-state index in [4.69, 9.17) is 5.11 Å². The molecule has 0 atom stereocenters. The smallest absolute Gasteiger partial charge is 0.328 e. The average Bonchev–Trinajstić information content (AvgIpc) is 2.78. The number of carbonyl (C=O) groups is 2. The molecule has 2 rings (SSSR count). The van der Waals surface area contributed by atoms with Gasteiger partial charge >= 0.3 is 5.97 Å². The van der Waals surface area contributed by atoms with Crippen LogP contribution < -0.4 is 0 Å². The number of thiophene rings is 1. The zero-order valence-corrected chi connectivity index (χ0v) is 11.7. The highest BCUT2D eigenvalue weighted by Gasteiger charge is 2.23. The fourth-order valence-electron chi connectivity index (χ4n) is 2.10. The minimum Gasteiger partial charge on any atom is -0.478 e. The molecule has 1 N–H and O–H groups in total. The standard InChI is InChI=1S/C14H17NO3S/c1-15(9-10-3-2-4-10)14(18)13-11(7-8-19-13)5-6-12(16)17/h5-8,10H,2-4,9H2,1H3,(H,16,17). The van der Waals surface area contributed by atoms with E-state index in [0.29, 0.717) is 16.4 Å². The van der Waals surface area contributed by atoms with Crippen LogP contribution in [0.1, 0.15) is 34.5 Å². The molecule has 4 nitrogen and oxygen atoms in total. The Balaban J connectivity index is 2.05. The Morgan fingerprint density at radius 2 is 2.26 bits per heavy atom. The highest BCUT2D eigenvalue weighted by atomic mass is 32.1. The fourth-order valence-corrected chi connectivity index (χ4v) is 2.98. The predicted molar refractivity (Wildman–Crippen MR) is 75.3 cm³/mol. The maximum atomic E-state index is 12.3. The van der Waals surface area contributed by atoms with E-state index < -0.39 is 5.97 Å². The Labute approximate surface area is 116 Å². The van der Waals surface area contributed by atoms with Crippen LogP contribution in [0.5, 0.6) is 0 Å². The summed E-state index contributed by atoms with van der Waals surface area (Å²) in [5, 5.41) is 10.4. The van der Waals surface area contributed by atoms with Gasteiger partial charge in [-0.25, -0.2) is 4.79 Å². The molecule has 1 aliphatic rings. The van der Waals surface area contributed by atoms with E-state index in [0.717, 1.165) is 12.6 Å². The lowest BCUT2D eigenvalue weighted by atomic mass is 9.85. The van der Waals surface area contributed by atoms with E-state index in [-0.39, 0.29) is 5.91 Å². The van der Waals surface area contributed by atoms with Crippen molar-refractivity contribution in [1.82, 2.24) is 4.90 Å². The van der Waals surface area contributed by atoms with Crippen molar-refractivity contribution in [3.63, 3.8) is 0 Å². The molecular weight excluding hydrogens is 262 g/mol. The normalized spacial score (nSPS) is 15.4. The lowest BCUT2D eigenvalue weighted by Gasteiger charge is -2.30. The number of aliphatic carboxylic acids is 1. The van der Waals surface area contributed by atoms with Crippen LogP contribution in [0.3, 0.4) is 0 Å². The number of hydrogen-bond acceptors (Lipinski definition) is 3. The molecular formula is C14H17NO3S. The highest BCUT2D eigenvalue weighted by molar-refractivity contribution is 7.12. The summed E-state index contributed by atoms with van der Waals surface area (Å²) < 4.78 is 0. The Hall–Kier alpha value is -1.62. The first-order chi connectivity index (χ1) is 9.08. The first-order valence-corrected chi connectivity index (χ1v) is 7.20. The average molecular weight is 279 g/mol. The van der Waals surface area contributed by atoms with Gasteiger partial charge in [0, 0.05) is 19.7 Å². The van der Waals surface area contributed by atoms with Gasteiger partial charge in [0.1, 0.15) is 0 Å². The summed E-state index contributed by atoms with van der Waals surface area (Å²) in [5.41, 5.74) is 0.679. The molecule has 1 saturated carbocycles. The monoisotopic (exact) mass is 279 g/mol. The van der Waals surface area contributed by atoms with E-state index in [2.05, 4.69) is 0 Å². The molecule has 102 valence electrons. The summed E-state index contributed by atoms with van der Waals surface area (Å²) in [6, 6.07) is 1.77. The summed E-state index contributed by atoms with van der Waals surface area (Å²) in [5.74, 6) is -0.397. The van der Waals surface area contributed by atoms with Gasteiger partial charge in [0.05, 0.1) is 4.88 Å². The minimum atomic E-state index is -1.01. The van der Waals surface area contributed by atoms with Crippen molar-refractivity contribution in [2.24, 2.45) is 5.92 Å². The van der Waals surface area contributed by atoms with Gasteiger partial charge in [-0.3, -0.25) is 4.79 Å². The number of rotatable bonds is 5. The van der Waals surface area contributed by atoms with Crippen molar-refractivity contribution < 1.29 is 14.7 Å². The van der Waals surface area contributed by atoms with Crippen molar-refractivity contribution >= 4 is 29.3 Å². The topological polar surface area (TPSA) is 57.6 Å². The Kier molecular flexibility index (Phi) is 4.37. The van der Waals surface area contributed by atoms with Gasteiger partial charge in [0.2, 0.25) is 0 Å². The van der Waals surface area contributed by atoms with Gasteiger partial charge in [-0.2, -0.15) is 0 Å². The van der Waals surface area contributed by atoms with E-state index >= 15 is 0 Å². The van der Waals surface area contributed by atoms with Crippen molar-refractivity contribution in [2.75, 3.05) is 13.6 Å². The largest absolute Gasteiger partial charge is 0.478 e. The van der Waals surface area contributed by atoms with Gasteiger partial charge in [-0.1, -0.05) is 6.42 Å². The highest BCUT2D eigenvalue weighted by Crippen LogP contribution is 2.28. The number of hydrogen-bond donors (Lipinski definition) is 1. The SMILES string of the molecule is CN(CC1CCC1)C(=O)c1sccc1C=CC(=O)O. The molecule has 0 unspecified atom stereocenters. The Morgan fingerprint density at radius 3 is 2.84 bits per heavy atom. The number of nitrogens with zero attached hydrogens (tertiary/aromatic N) is 1. The van der Waals surface area contributed by atoms with Crippen LogP contribution in [0.2, 0.25) is 0 Å². The summed E-state index contributed by atoms with van der Waals surface area (Å²) in [6.45, 7) is 0.790. The quantitative estimate of drug-likeness (QED) is 0.843. The predicted octanol–water partition coefficient (Wildman–Crippen LogP) is 2.72. The number of carbonyl (C=O) groups excluding carboxylic acids is 1. The molecule has 0 aromatic carbocycles. The molecule has 0 aliphatic heterocycles. The number of amides is 1. The molecule has 1 aromatic heterocycles. The second-order valence-electron chi connectivity index (χ2n) is 4.86. The number of carboxylic acids is 1. The molecule has 1 fully saturated rings. The molecule has 0 bridgehead atoms. The zero-order valence-electron chi connectivity index (χ0n) is 10.8. The van der Waals surface area contributed by atoms with Gasteiger partial charge in [-0.15, -0.1) is 11.3 Å². The van der Waals surface area contributed by atoms with Crippen LogP contribution in [0.15, 0.2) is 17.5 Å². The summed E-state index contributed by atoms with van der Waals surface area (Å²) in [6.07, 6.45) is 6.20. The molecule has 0 radical (unpaired) electrons. The van der Waals surface area contributed by atoms with E-state index in [1.165, 1.54) is 36.7 Å². The lowest BCUT2D eigenvalue weighted by molar-refractivity contribution is -0.131. The second-order valence-corrected chi connectivity index (χ2v) is 5.78. The molecule has 5 heteroatoms. The van der Waals surface area contributed by atoms with Crippen molar-refractivity contribution in [2.45, 2.75) is 19.3 Å². The third-order valence-corrected chi connectivity index (χ3v) is 4.32. The molecule has 0 spiro atoms. The van der Waals surface area contributed by atoms with Crippen LogP contribution in [0, 0.1) is 5.92 Å². The Bertz CT molecular complexity index is 503. The Morgan fingerprint density at radius 1 is 1.53 bits per heavy atom. The van der Waals surface area contributed by atoms with Crippen molar-refractivity contribution in [3.8, 4) is 0 Å². The van der Waals surface area contributed by atoms with Gasteiger partial charge in [0.25, 0.3) is 5.91 Å². The van der Waals surface area contributed by atoms with Gasteiger partial charge in [-0.05, 0) is 41.8 Å². The molecule has 1 heterocycles. The van der Waals surface area contributed by atoms with E-state index in [1.807, 2.05) is 12.4 Å². The van der Waals surface area contributed by atoms with E-state index in [1.54, 1.807) is 11.0 Å². The van der Waals surface area contributed by atoms with Crippen LogP contribution >= 0.6 is 11.3 Å². The third-order valence-electron chi connectivity index (χ3n) is 3.40. The maximum Gasteiger partial charge on any atom is 0.328 e.